The summed E-state index contributed by atoms with van der Waals surface area (Å²) in [6, 6.07) is 4.51. The van der Waals surface area contributed by atoms with Gasteiger partial charge < -0.3 is 10.6 Å². The third-order valence-electron chi connectivity index (χ3n) is 3.26. The normalized spacial score (nSPS) is 19.1. The molecule has 18 heavy (non-hydrogen) atoms. The average molecular weight is 243 g/mol. The topological polar surface area (TPSA) is 54.8 Å². The Bertz CT molecular complexity index is 528. The Kier molecular flexibility index (Phi) is 2.98. The summed E-state index contributed by atoms with van der Waals surface area (Å²) in [6.07, 6.45) is 6.70. The summed E-state index contributed by atoms with van der Waals surface area (Å²) in [7, 11) is 0. The van der Waals surface area contributed by atoms with Crippen molar-refractivity contribution in [3.8, 4) is 5.82 Å². The number of nitrogens with zero attached hydrogens (tertiary/aromatic N) is 3. The number of hydrogen-bond donors (Lipinski definition) is 2. The molecule has 94 valence electrons. The van der Waals surface area contributed by atoms with E-state index >= 15 is 0 Å². The second-order valence-electron chi connectivity index (χ2n) is 4.55. The number of nitrogens with one attached hydrogen (secondary N) is 2. The Balaban J connectivity index is 1.92. The first-order valence-electron chi connectivity index (χ1n) is 6.27. The highest BCUT2D eigenvalue weighted by molar-refractivity contribution is 5.57. The van der Waals surface area contributed by atoms with Crippen LogP contribution in [0.5, 0.6) is 0 Å². The van der Waals surface area contributed by atoms with Crippen LogP contribution in [0.1, 0.15) is 12.2 Å². The van der Waals surface area contributed by atoms with Crippen LogP contribution in [0.15, 0.2) is 30.7 Å². The number of pyridine rings is 1. The maximum absolute atomic E-state index is 4.46. The van der Waals surface area contributed by atoms with E-state index in [0.29, 0.717) is 6.04 Å². The summed E-state index contributed by atoms with van der Waals surface area (Å²) >= 11 is 0. The molecule has 3 heterocycles. The van der Waals surface area contributed by atoms with Crippen molar-refractivity contribution in [1.29, 1.82) is 0 Å². The van der Waals surface area contributed by atoms with Gasteiger partial charge in [-0.05, 0) is 32.0 Å². The van der Waals surface area contributed by atoms with Gasteiger partial charge in [-0.2, -0.15) is 0 Å². The first-order chi connectivity index (χ1) is 8.84. The molecule has 1 atom stereocenters. The molecule has 2 aromatic heterocycles. The lowest BCUT2D eigenvalue weighted by Gasteiger charge is -2.16. The highest BCUT2D eigenvalue weighted by Gasteiger charge is 2.16. The van der Waals surface area contributed by atoms with Crippen molar-refractivity contribution in [2.45, 2.75) is 19.4 Å². The Hall–Kier alpha value is -1.88. The van der Waals surface area contributed by atoms with Crippen LogP contribution in [0.25, 0.3) is 5.82 Å². The van der Waals surface area contributed by atoms with Crippen molar-refractivity contribution in [3.63, 3.8) is 0 Å². The van der Waals surface area contributed by atoms with Gasteiger partial charge >= 0.3 is 0 Å². The molecule has 2 N–H and O–H groups in total. The summed E-state index contributed by atoms with van der Waals surface area (Å²) < 4.78 is 2.00. The maximum atomic E-state index is 4.46. The van der Waals surface area contributed by atoms with E-state index in [-0.39, 0.29) is 0 Å². The van der Waals surface area contributed by atoms with Crippen molar-refractivity contribution in [2.75, 3.05) is 18.4 Å². The SMILES string of the molecule is Cc1nccn1-c1ncccc1NC1CCNC1. The van der Waals surface area contributed by atoms with E-state index in [1.165, 1.54) is 0 Å². The third-order valence-corrected chi connectivity index (χ3v) is 3.26. The molecule has 2 aromatic rings. The van der Waals surface area contributed by atoms with Gasteiger partial charge in [0.15, 0.2) is 5.82 Å². The van der Waals surface area contributed by atoms with Gasteiger partial charge in [-0.25, -0.2) is 9.97 Å². The van der Waals surface area contributed by atoms with E-state index in [4.69, 9.17) is 0 Å². The molecule has 0 amide bonds. The van der Waals surface area contributed by atoms with Gasteiger partial charge in [0.1, 0.15) is 5.82 Å². The van der Waals surface area contributed by atoms with Crippen LogP contribution in [0.3, 0.4) is 0 Å². The fourth-order valence-corrected chi connectivity index (χ4v) is 2.30. The number of aryl methyl sites for hydroxylation is 1. The summed E-state index contributed by atoms with van der Waals surface area (Å²) in [5.74, 6) is 1.86. The zero-order chi connectivity index (χ0) is 12.4. The molecular formula is C13H17N5. The molecule has 1 saturated heterocycles. The lowest BCUT2D eigenvalue weighted by Crippen LogP contribution is -2.23. The Morgan fingerprint density at radius 3 is 3.06 bits per heavy atom. The number of rotatable bonds is 3. The summed E-state index contributed by atoms with van der Waals surface area (Å²) in [4.78, 5) is 8.71. The van der Waals surface area contributed by atoms with Crippen molar-refractivity contribution in [2.24, 2.45) is 0 Å². The lowest BCUT2D eigenvalue weighted by atomic mass is 10.2. The van der Waals surface area contributed by atoms with Crippen LogP contribution in [0.2, 0.25) is 0 Å². The summed E-state index contributed by atoms with van der Waals surface area (Å²) in [6.45, 7) is 4.07. The fraction of sp³-hybridized carbons (Fsp3) is 0.385. The number of aromatic nitrogens is 3. The van der Waals surface area contributed by atoms with E-state index < -0.39 is 0 Å². The van der Waals surface area contributed by atoms with Crippen molar-refractivity contribution >= 4 is 5.69 Å². The molecule has 5 heteroatoms. The van der Waals surface area contributed by atoms with E-state index in [1.807, 2.05) is 30.0 Å². The van der Waals surface area contributed by atoms with Gasteiger partial charge in [0.25, 0.3) is 0 Å². The van der Waals surface area contributed by atoms with E-state index in [9.17, 15) is 0 Å². The first-order valence-corrected chi connectivity index (χ1v) is 6.27. The van der Waals surface area contributed by atoms with Crippen molar-refractivity contribution in [3.05, 3.63) is 36.5 Å². The first kappa shape index (κ1) is 11.2. The van der Waals surface area contributed by atoms with Crippen LogP contribution in [0, 0.1) is 6.92 Å². The highest BCUT2D eigenvalue weighted by Crippen LogP contribution is 2.20. The van der Waals surface area contributed by atoms with Crippen molar-refractivity contribution in [1.82, 2.24) is 19.9 Å². The van der Waals surface area contributed by atoms with Gasteiger partial charge in [0.05, 0.1) is 5.69 Å². The molecule has 1 fully saturated rings. The second kappa shape index (κ2) is 4.78. The van der Waals surface area contributed by atoms with Gasteiger partial charge in [-0.15, -0.1) is 0 Å². The molecule has 3 rings (SSSR count). The van der Waals surface area contributed by atoms with Crippen LogP contribution in [0.4, 0.5) is 5.69 Å². The largest absolute Gasteiger partial charge is 0.378 e. The molecule has 0 spiro atoms. The average Bonchev–Trinajstić information content (AvgIpc) is 3.02. The molecule has 0 bridgehead atoms. The second-order valence-corrected chi connectivity index (χ2v) is 4.55. The molecule has 1 aliphatic heterocycles. The molecular weight excluding hydrogens is 226 g/mol. The van der Waals surface area contributed by atoms with E-state index in [2.05, 4.69) is 26.7 Å². The summed E-state index contributed by atoms with van der Waals surface area (Å²) in [5, 5.41) is 6.91. The van der Waals surface area contributed by atoms with Gasteiger partial charge in [-0.3, -0.25) is 4.57 Å². The van der Waals surface area contributed by atoms with Crippen LogP contribution in [-0.4, -0.2) is 33.7 Å². The molecule has 0 radical (unpaired) electrons. The molecule has 5 nitrogen and oxygen atoms in total. The fourth-order valence-electron chi connectivity index (χ4n) is 2.30. The molecule has 1 unspecified atom stereocenters. The predicted molar refractivity (Wildman–Crippen MR) is 71.0 cm³/mol. The minimum atomic E-state index is 0.483. The molecule has 0 saturated carbocycles. The van der Waals surface area contributed by atoms with Crippen LogP contribution in [-0.2, 0) is 0 Å². The van der Waals surface area contributed by atoms with Gasteiger partial charge in [0.2, 0.25) is 0 Å². The van der Waals surface area contributed by atoms with Gasteiger partial charge in [-0.1, -0.05) is 0 Å². The smallest absolute Gasteiger partial charge is 0.161 e. The predicted octanol–water partition coefficient (Wildman–Crippen LogP) is 1.35. The molecule has 1 aliphatic rings. The van der Waals surface area contributed by atoms with Crippen LogP contribution < -0.4 is 10.6 Å². The standard InChI is InChI=1S/C13H17N5/c1-10-15-7-8-18(10)13-12(3-2-5-16-13)17-11-4-6-14-9-11/h2-3,5,7-8,11,14,17H,4,6,9H2,1H3. The Labute approximate surface area is 106 Å². The summed E-state index contributed by atoms with van der Waals surface area (Å²) in [5.41, 5.74) is 1.06. The highest BCUT2D eigenvalue weighted by atomic mass is 15.1. The quantitative estimate of drug-likeness (QED) is 0.854. The third kappa shape index (κ3) is 2.09. The van der Waals surface area contributed by atoms with E-state index in [1.54, 1.807) is 6.20 Å². The minimum absolute atomic E-state index is 0.483. The Morgan fingerprint density at radius 1 is 1.39 bits per heavy atom. The monoisotopic (exact) mass is 243 g/mol. The van der Waals surface area contributed by atoms with Crippen molar-refractivity contribution < 1.29 is 0 Å². The van der Waals surface area contributed by atoms with Crippen LogP contribution >= 0.6 is 0 Å². The molecule has 0 aliphatic carbocycles. The van der Waals surface area contributed by atoms with E-state index in [0.717, 1.165) is 36.8 Å². The maximum Gasteiger partial charge on any atom is 0.161 e. The zero-order valence-electron chi connectivity index (χ0n) is 10.4. The van der Waals surface area contributed by atoms with Gasteiger partial charge in [0, 0.05) is 31.2 Å². The lowest BCUT2D eigenvalue weighted by molar-refractivity contribution is 0.788. The molecule has 0 aromatic carbocycles. The number of imidazole rings is 1. The minimum Gasteiger partial charge on any atom is -0.378 e. The Morgan fingerprint density at radius 2 is 2.33 bits per heavy atom. The zero-order valence-corrected chi connectivity index (χ0v) is 10.4. The number of anilines is 1. The number of hydrogen-bond acceptors (Lipinski definition) is 4.